The van der Waals surface area contributed by atoms with Gasteiger partial charge in [0.1, 0.15) is 0 Å². The Hall–Kier alpha value is -0.893. The van der Waals surface area contributed by atoms with Gasteiger partial charge in [-0.3, -0.25) is 0 Å². The Morgan fingerprint density at radius 3 is 2.22 bits per heavy atom. The fourth-order valence-electron chi connectivity index (χ4n) is 2.42. The van der Waals surface area contributed by atoms with Crippen LogP contribution in [-0.2, 0) is 26.5 Å². The van der Waals surface area contributed by atoms with E-state index in [1.165, 1.54) is 12.1 Å². The smallest absolute Gasteiger partial charge is 0.380 e. The van der Waals surface area contributed by atoms with Crippen LogP contribution in [0.1, 0.15) is 44.2 Å². The van der Waals surface area contributed by atoms with Gasteiger partial charge in [-0.15, -0.1) is 0 Å². The lowest BCUT2D eigenvalue weighted by Crippen LogP contribution is -2.38. The minimum absolute atomic E-state index is 0.482. The molecule has 0 saturated carbocycles. The van der Waals surface area contributed by atoms with E-state index in [1.54, 1.807) is 6.07 Å². The molecule has 0 atom stereocenters. The molecule has 3 nitrogen and oxygen atoms in total. The molecule has 0 fully saturated rings. The fourth-order valence-corrected chi connectivity index (χ4v) is 2.86. The van der Waals surface area contributed by atoms with Gasteiger partial charge in [0.15, 0.2) is 10.5 Å². The van der Waals surface area contributed by atoms with Crippen molar-refractivity contribution in [1.82, 2.24) is 0 Å². The van der Waals surface area contributed by atoms with Crippen molar-refractivity contribution in [1.29, 1.82) is 0 Å². The second kappa shape index (κ2) is 9.41. The molecule has 23 heavy (non-hydrogen) atoms. The highest BCUT2D eigenvalue weighted by Crippen LogP contribution is 2.30. The summed E-state index contributed by atoms with van der Waals surface area (Å²) >= 11 is 0. The van der Waals surface area contributed by atoms with E-state index in [9.17, 15) is 13.2 Å². The van der Waals surface area contributed by atoms with Crippen LogP contribution in [0.2, 0.25) is 0 Å². The van der Waals surface area contributed by atoms with Crippen molar-refractivity contribution in [2.24, 2.45) is 0 Å². The lowest BCUT2D eigenvalue weighted by molar-refractivity contribution is -0.344. The number of hydrogen-bond acceptors (Lipinski definition) is 3. The Balaban J connectivity index is 2.53. The van der Waals surface area contributed by atoms with Crippen LogP contribution in [0, 0.1) is 0 Å². The Kier molecular flexibility index (Phi) is 8.25. The molecule has 0 aromatic heterocycles. The molecule has 0 radical (unpaired) electrons. The van der Waals surface area contributed by atoms with Crippen molar-refractivity contribution in [3.63, 3.8) is 0 Å². The highest BCUT2D eigenvalue weighted by atomic mass is 28.2. The molecule has 1 aromatic rings. The molecule has 7 heteroatoms. The van der Waals surface area contributed by atoms with Gasteiger partial charge < -0.3 is 13.9 Å². The van der Waals surface area contributed by atoms with E-state index in [1.807, 2.05) is 13.8 Å². The molecule has 0 aliphatic carbocycles. The van der Waals surface area contributed by atoms with Gasteiger partial charge in [0.25, 0.3) is 5.97 Å². The van der Waals surface area contributed by atoms with Crippen LogP contribution in [0.4, 0.5) is 13.2 Å². The molecule has 1 aromatic carbocycles. The van der Waals surface area contributed by atoms with Gasteiger partial charge in [0, 0.05) is 19.6 Å². The van der Waals surface area contributed by atoms with Gasteiger partial charge in [0.2, 0.25) is 0 Å². The van der Waals surface area contributed by atoms with Crippen molar-refractivity contribution >= 4 is 10.5 Å². The summed E-state index contributed by atoms with van der Waals surface area (Å²) in [5.41, 5.74) is 0.0842. The summed E-state index contributed by atoms with van der Waals surface area (Å²) < 4.78 is 54.7. The van der Waals surface area contributed by atoms with E-state index in [0.29, 0.717) is 42.1 Å². The second-order valence-corrected chi connectivity index (χ2v) is 5.57. The molecule has 0 unspecified atom stereocenters. The number of ether oxygens (including phenoxy) is 2. The van der Waals surface area contributed by atoms with Crippen molar-refractivity contribution in [3.05, 3.63) is 35.4 Å². The maximum absolute atomic E-state index is 12.7. The van der Waals surface area contributed by atoms with Crippen LogP contribution in [0.3, 0.4) is 0 Å². The Morgan fingerprint density at radius 1 is 1.04 bits per heavy atom. The molecule has 0 N–H and O–H groups in total. The lowest BCUT2D eigenvalue weighted by Gasteiger charge is -2.31. The molecular formula is C16H25F3O3Si. The van der Waals surface area contributed by atoms with Gasteiger partial charge in [-0.05, 0) is 44.7 Å². The molecule has 0 saturated heterocycles. The lowest BCUT2D eigenvalue weighted by atomic mass is 10.0. The average Bonchev–Trinajstić information content (AvgIpc) is 2.51. The van der Waals surface area contributed by atoms with Crippen LogP contribution in [0.15, 0.2) is 24.3 Å². The SMILES string of the molecule is CCOC(CCCCc1cccc(C(F)(F)F)c1)(O[SiH3])OCC. The predicted molar refractivity (Wildman–Crippen MR) is 86.0 cm³/mol. The standard InChI is InChI=1S/C16H25F3O3Si/c1-3-20-15(22-23,21-4-2)11-6-5-8-13-9-7-10-14(12-13)16(17,18)19/h7,9-10,12H,3-6,8,11H2,1-2,23H3. The highest BCUT2D eigenvalue weighted by Gasteiger charge is 2.31. The summed E-state index contributed by atoms with van der Waals surface area (Å²) in [4.78, 5) is 0. The van der Waals surface area contributed by atoms with Gasteiger partial charge in [-0.2, -0.15) is 13.2 Å². The number of hydrogen-bond donors (Lipinski definition) is 0. The summed E-state index contributed by atoms with van der Waals surface area (Å²) in [6.45, 7) is 4.71. The van der Waals surface area contributed by atoms with E-state index in [0.717, 1.165) is 18.9 Å². The first kappa shape index (κ1) is 20.2. The van der Waals surface area contributed by atoms with Crippen molar-refractivity contribution in [3.8, 4) is 0 Å². The topological polar surface area (TPSA) is 27.7 Å². The second-order valence-electron chi connectivity index (χ2n) is 5.16. The highest BCUT2D eigenvalue weighted by molar-refractivity contribution is 5.98. The zero-order valence-electron chi connectivity index (χ0n) is 13.9. The zero-order chi connectivity index (χ0) is 17.3. The fraction of sp³-hybridized carbons (Fsp3) is 0.625. The molecule has 0 bridgehead atoms. The number of alkyl halides is 3. The van der Waals surface area contributed by atoms with Crippen molar-refractivity contribution in [2.45, 2.75) is 51.7 Å². The normalized spacial score (nSPS) is 12.7. The predicted octanol–water partition coefficient (Wildman–Crippen LogP) is 3.44. The minimum Gasteiger partial charge on any atom is -0.380 e. The molecule has 1 rings (SSSR count). The van der Waals surface area contributed by atoms with Crippen LogP contribution < -0.4 is 0 Å². The molecule has 0 aliphatic rings. The average molecular weight is 350 g/mol. The molecule has 0 spiro atoms. The van der Waals surface area contributed by atoms with Crippen LogP contribution in [0.5, 0.6) is 0 Å². The quantitative estimate of drug-likeness (QED) is 0.368. The van der Waals surface area contributed by atoms with Gasteiger partial charge in [-0.1, -0.05) is 18.2 Å². The van der Waals surface area contributed by atoms with Crippen LogP contribution in [0.25, 0.3) is 0 Å². The maximum Gasteiger partial charge on any atom is 0.416 e. The number of rotatable bonds is 10. The van der Waals surface area contributed by atoms with E-state index in [4.69, 9.17) is 13.9 Å². The molecule has 0 aliphatic heterocycles. The Morgan fingerprint density at radius 2 is 1.70 bits per heavy atom. The zero-order valence-corrected chi connectivity index (χ0v) is 15.9. The summed E-state index contributed by atoms with van der Waals surface area (Å²) in [5, 5.41) is 0. The first-order valence-corrected chi connectivity index (χ1v) is 8.67. The summed E-state index contributed by atoms with van der Waals surface area (Å²) in [6.07, 6.45) is -1.65. The molecule has 132 valence electrons. The van der Waals surface area contributed by atoms with E-state index in [2.05, 4.69) is 0 Å². The number of aryl methyl sites for hydroxylation is 1. The van der Waals surface area contributed by atoms with Gasteiger partial charge in [0.05, 0.1) is 5.56 Å². The van der Waals surface area contributed by atoms with E-state index < -0.39 is 17.7 Å². The van der Waals surface area contributed by atoms with Crippen molar-refractivity contribution < 1.29 is 27.1 Å². The first-order valence-electron chi connectivity index (χ1n) is 7.86. The number of benzene rings is 1. The van der Waals surface area contributed by atoms with Crippen LogP contribution in [-0.4, -0.2) is 29.7 Å². The largest absolute Gasteiger partial charge is 0.416 e. The minimum atomic E-state index is -4.30. The summed E-state index contributed by atoms with van der Waals surface area (Å²) in [6, 6.07) is 5.47. The molecule has 0 heterocycles. The number of halogens is 3. The Labute approximate surface area is 138 Å². The van der Waals surface area contributed by atoms with Gasteiger partial charge in [-0.25, -0.2) is 0 Å². The third-order valence-electron chi connectivity index (χ3n) is 3.49. The monoisotopic (exact) mass is 350 g/mol. The third-order valence-corrected chi connectivity index (χ3v) is 4.11. The molecular weight excluding hydrogens is 325 g/mol. The maximum atomic E-state index is 12.7. The van der Waals surface area contributed by atoms with E-state index >= 15 is 0 Å². The third kappa shape index (κ3) is 6.62. The van der Waals surface area contributed by atoms with Crippen LogP contribution >= 0.6 is 0 Å². The Bertz CT molecular complexity index is 460. The molecule has 0 amide bonds. The summed E-state index contributed by atoms with van der Waals surface area (Å²) in [7, 11) is 0.487. The van der Waals surface area contributed by atoms with Gasteiger partial charge >= 0.3 is 6.18 Å². The van der Waals surface area contributed by atoms with E-state index in [-0.39, 0.29) is 0 Å². The first-order chi connectivity index (χ1) is 10.9. The summed E-state index contributed by atoms with van der Waals surface area (Å²) in [5.74, 6) is -0.996. The number of unbranched alkanes of at least 4 members (excludes halogenated alkanes) is 1. The van der Waals surface area contributed by atoms with Crippen molar-refractivity contribution in [2.75, 3.05) is 13.2 Å².